The van der Waals surface area contributed by atoms with E-state index in [-0.39, 0.29) is 0 Å². The molecule has 20 heavy (non-hydrogen) atoms. The summed E-state index contributed by atoms with van der Waals surface area (Å²) in [5.41, 5.74) is 4.37. The lowest BCUT2D eigenvalue weighted by Crippen LogP contribution is -2.21. The molecule has 0 spiro atoms. The van der Waals surface area contributed by atoms with Gasteiger partial charge in [0.1, 0.15) is 0 Å². The molecule has 2 aromatic carbocycles. The summed E-state index contributed by atoms with van der Waals surface area (Å²) in [5.74, 6) is 0. The van der Waals surface area contributed by atoms with Crippen LogP contribution < -0.4 is 5.32 Å². The van der Waals surface area contributed by atoms with E-state index in [0.29, 0.717) is 6.04 Å². The summed E-state index contributed by atoms with van der Waals surface area (Å²) < 4.78 is 0. The maximum absolute atomic E-state index is 6.36. The number of hydrogen-bond acceptors (Lipinski definition) is 1. The molecule has 1 N–H and O–H groups in total. The summed E-state index contributed by atoms with van der Waals surface area (Å²) in [6, 6.07) is 12.7. The average Bonchev–Trinajstić information content (AvgIpc) is 2.40. The zero-order valence-corrected chi connectivity index (χ0v) is 13.5. The second kappa shape index (κ2) is 6.62. The predicted octanol–water partition coefficient (Wildman–Crippen LogP) is 5.47. The molecule has 0 bridgehead atoms. The van der Waals surface area contributed by atoms with E-state index in [1.54, 1.807) is 0 Å². The Morgan fingerprint density at radius 1 is 0.950 bits per heavy atom. The van der Waals surface area contributed by atoms with Crippen molar-refractivity contribution in [3.63, 3.8) is 0 Å². The van der Waals surface area contributed by atoms with Gasteiger partial charge in [0.15, 0.2) is 0 Å². The molecule has 0 radical (unpaired) electrons. The van der Waals surface area contributed by atoms with Crippen molar-refractivity contribution in [1.82, 2.24) is 5.32 Å². The van der Waals surface area contributed by atoms with E-state index in [2.05, 4.69) is 37.4 Å². The van der Waals surface area contributed by atoms with Crippen LogP contribution in [0.2, 0.25) is 10.0 Å². The third kappa shape index (κ3) is 3.76. The molecule has 2 rings (SSSR count). The number of rotatable bonds is 4. The minimum absolute atomic E-state index is 0.446. The Balaban J connectivity index is 2.26. The maximum atomic E-state index is 6.36. The third-order valence-corrected chi connectivity index (χ3v) is 4.02. The fourth-order valence-electron chi connectivity index (χ4n) is 1.96. The molecule has 0 fully saturated rings. The number of aryl methyl sites for hydroxylation is 1. The van der Waals surface area contributed by atoms with Crippen LogP contribution >= 0.6 is 23.2 Å². The van der Waals surface area contributed by atoms with Gasteiger partial charge in [0.2, 0.25) is 0 Å². The molecule has 0 saturated carbocycles. The molecule has 0 aromatic heterocycles. The normalized spacial score (nSPS) is 11.1. The molecule has 1 nitrogen and oxygen atoms in total. The molecule has 0 aliphatic rings. The number of hydrogen-bond donors (Lipinski definition) is 1. The maximum Gasteiger partial charge on any atom is 0.0457 e. The van der Waals surface area contributed by atoms with Crippen LogP contribution in [0.25, 0.3) is 11.1 Å². The van der Waals surface area contributed by atoms with Crippen molar-refractivity contribution in [3.8, 4) is 11.1 Å². The van der Waals surface area contributed by atoms with Gasteiger partial charge in [-0.15, -0.1) is 0 Å². The molecule has 0 heterocycles. The van der Waals surface area contributed by atoms with Crippen molar-refractivity contribution in [3.05, 3.63) is 57.6 Å². The topological polar surface area (TPSA) is 12.0 Å². The second-order valence-corrected chi connectivity index (χ2v) is 6.12. The quantitative estimate of drug-likeness (QED) is 0.790. The summed E-state index contributed by atoms with van der Waals surface area (Å²) in [6.07, 6.45) is 0. The first kappa shape index (κ1) is 15.4. The zero-order valence-electron chi connectivity index (χ0n) is 12.0. The fourth-order valence-corrected chi connectivity index (χ4v) is 2.38. The van der Waals surface area contributed by atoms with Crippen LogP contribution in [0.3, 0.4) is 0 Å². The molecule has 2 aromatic rings. The Labute approximate surface area is 130 Å². The summed E-state index contributed by atoms with van der Waals surface area (Å²) in [4.78, 5) is 0. The Bertz CT molecular complexity index is 606. The highest BCUT2D eigenvalue weighted by Crippen LogP contribution is 2.28. The average molecular weight is 308 g/mol. The van der Waals surface area contributed by atoms with Gasteiger partial charge < -0.3 is 5.32 Å². The van der Waals surface area contributed by atoms with Gasteiger partial charge in [-0.05, 0) is 41.3 Å². The lowest BCUT2D eigenvalue weighted by molar-refractivity contribution is 0.589. The molecular formula is C17H19Cl2N. The van der Waals surface area contributed by atoms with E-state index >= 15 is 0 Å². The minimum atomic E-state index is 0.446. The predicted molar refractivity (Wildman–Crippen MR) is 88.6 cm³/mol. The molecule has 0 saturated heterocycles. The lowest BCUT2D eigenvalue weighted by Gasteiger charge is -2.11. The van der Waals surface area contributed by atoms with Gasteiger partial charge in [0.05, 0.1) is 0 Å². The number of halogens is 2. The SMILES string of the molecule is Cc1ccc(-c2ccc(CNC(C)C)c(Cl)c2)cc1Cl. The lowest BCUT2D eigenvalue weighted by atomic mass is 10.0. The van der Waals surface area contributed by atoms with Crippen LogP contribution in [0.15, 0.2) is 36.4 Å². The molecule has 3 heteroatoms. The Morgan fingerprint density at radius 2 is 1.55 bits per heavy atom. The van der Waals surface area contributed by atoms with Crippen molar-refractivity contribution >= 4 is 23.2 Å². The minimum Gasteiger partial charge on any atom is -0.310 e. The van der Waals surface area contributed by atoms with Gasteiger partial charge >= 0.3 is 0 Å². The Morgan fingerprint density at radius 3 is 2.10 bits per heavy atom. The van der Waals surface area contributed by atoms with Crippen molar-refractivity contribution in [2.75, 3.05) is 0 Å². The van der Waals surface area contributed by atoms with Crippen molar-refractivity contribution in [1.29, 1.82) is 0 Å². The first-order valence-electron chi connectivity index (χ1n) is 6.75. The van der Waals surface area contributed by atoms with Crippen LogP contribution in [0.5, 0.6) is 0 Å². The van der Waals surface area contributed by atoms with E-state index in [0.717, 1.165) is 38.8 Å². The summed E-state index contributed by atoms with van der Waals surface area (Å²) in [7, 11) is 0. The van der Waals surface area contributed by atoms with Crippen molar-refractivity contribution < 1.29 is 0 Å². The van der Waals surface area contributed by atoms with Crippen molar-refractivity contribution in [2.45, 2.75) is 33.4 Å². The fraction of sp³-hybridized carbons (Fsp3) is 0.294. The smallest absolute Gasteiger partial charge is 0.0457 e. The largest absolute Gasteiger partial charge is 0.310 e. The molecular weight excluding hydrogens is 289 g/mol. The molecule has 0 aliphatic carbocycles. The van der Waals surface area contributed by atoms with Gasteiger partial charge in [0.25, 0.3) is 0 Å². The van der Waals surface area contributed by atoms with E-state index in [9.17, 15) is 0 Å². The number of benzene rings is 2. The van der Waals surface area contributed by atoms with E-state index < -0.39 is 0 Å². The first-order chi connectivity index (χ1) is 9.47. The number of nitrogens with one attached hydrogen (secondary N) is 1. The highest BCUT2D eigenvalue weighted by molar-refractivity contribution is 6.32. The van der Waals surface area contributed by atoms with Gasteiger partial charge in [-0.2, -0.15) is 0 Å². The van der Waals surface area contributed by atoms with Crippen LogP contribution in [0, 0.1) is 6.92 Å². The monoisotopic (exact) mass is 307 g/mol. The molecule has 0 unspecified atom stereocenters. The van der Waals surface area contributed by atoms with Crippen LogP contribution in [-0.4, -0.2) is 6.04 Å². The highest BCUT2D eigenvalue weighted by atomic mass is 35.5. The Kier molecular flexibility index (Phi) is 5.09. The van der Waals surface area contributed by atoms with E-state index in [1.165, 1.54) is 0 Å². The first-order valence-corrected chi connectivity index (χ1v) is 7.51. The summed E-state index contributed by atoms with van der Waals surface area (Å²) >= 11 is 12.5. The van der Waals surface area contributed by atoms with Crippen molar-refractivity contribution in [2.24, 2.45) is 0 Å². The standard InChI is InChI=1S/C17H19Cl2N/c1-11(2)20-10-15-7-6-14(9-17(15)19)13-5-4-12(3)16(18)8-13/h4-9,11,20H,10H2,1-3H3. The zero-order chi connectivity index (χ0) is 14.7. The summed E-state index contributed by atoms with van der Waals surface area (Å²) in [5, 5.41) is 4.94. The molecule has 0 atom stereocenters. The van der Waals surface area contributed by atoms with Gasteiger partial charge in [-0.3, -0.25) is 0 Å². The Hall–Kier alpha value is -1.02. The van der Waals surface area contributed by atoms with Crippen LogP contribution in [-0.2, 0) is 6.54 Å². The third-order valence-electron chi connectivity index (χ3n) is 3.26. The van der Waals surface area contributed by atoms with Gasteiger partial charge in [-0.25, -0.2) is 0 Å². The molecule has 106 valence electrons. The summed E-state index contributed by atoms with van der Waals surface area (Å²) in [6.45, 7) is 7.03. The van der Waals surface area contributed by atoms with Gasteiger partial charge in [-0.1, -0.05) is 61.3 Å². The van der Waals surface area contributed by atoms with E-state index in [4.69, 9.17) is 23.2 Å². The van der Waals surface area contributed by atoms with Crippen LogP contribution in [0.4, 0.5) is 0 Å². The van der Waals surface area contributed by atoms with Gasteiger partial charge in [0, 0.05) is 22.6 Å². The molecule has 0 amide bonds. The highest BCUT2D eigenvalue weighted by Gasteiger charge is 2.06. The molecule has 0 aliphatic heterocycles. The van der Waals surface area contributed by atoms with Crippen LogP contribution in [0.1, 0.15) is 25.0 Å². The second-order valence-electron chi connectivity index (χ2n) is 5.31. The van der Waals surface area contributed by atoms with E-state index in [1.807, 2.05) is 25.1 Å².